The average molecular weight is 605 g/mol. The molecular formula is C37H23F3O3S. The summed E-state index contributed by atoms with van der Waals surface area (Å²) in [6.45, 7) is 0. The zero-order valence-corrected chi connectivity index (χ0v) is 23.9. The average Bonchev–Trinajstić information content (AvgIpc) is 3.03. The number of rotatable bonds is 5. The molecule has 0 aliphatic carbocycles. The van der Waals surface area contributed by atoms with Crippen LogP contribution in [0.3, 0.4) is 0 Å². The van der Waals surface area contributed by atoms with Crippen LogP contribution in [0.2, 0.25) is 0 Å². The molecule has 7 aromatic carbocycles. The Bertz CT molecular complexity index is 2250. The second kappa shape index (κ2) is 10.5. The van der Waals surface area contributed by atoms with Gasteiger partial charge in [0.2, 0.25) is 0 Å². The van der Waals surface area contributed by atoms with E-state index >= 15 is 0 Å². The molecule has 0 aromatic heterocycles. The largest absolute Gasteiger partial charge is 0.534 e. The van der Waals surface area contributed by atoms with Crippen molar-refractivity contribution in [3.8, 4) is 39.1 Å². The molecule has 0 heterocycles. The molecule has 0 saturated carbocycles. The molecule has 0 atom stereocenters. The first kappa shape index (κ1) is 27.7. The quantitative estimate of drug-likeness (QED) is 0.112. The molecule has 0 saturated heterocycles. The molecule has 216 valence electrons. The van der Waals surface area contributed by atoms with Crippen molar-refractivity contribution < 1.29 is 25.8 Å². The van der Waals surface area contributed by atoms with Gasteiger partial charge in [-0.3, -0.25) is 0 Å². The maximum absolute atomic E-state index is 13.6. The topological polar surface area (TPSA) is 43.4 Å². The molecule has 7 heteroatoms. The van der Waals surface area contributed by atoms with Gasteiger partial charge in [-0.05, 0) is 66.7 Å². The Morgan fingerprint density at radius 3 is 1.61 bits per heavy atom. The van der Waals surface area contributed by atoms with Gasteiger partial charge in [0, 0.05) is 11.1 Å². The van der Waals surface area contributed by atoms with Crippen LogP contribution in [-0.2, 0) is 10.1 Å². The molecule has 0 bridgehead atoms. The Labute approximate surface area is 251 Å². The fourth-order valence-corrected chi connectivity index (χ4v) is 6.42. The molecule has 0 unspecified atom stereocenters. The van der Waals surface area contributed by atoms with Crippen LogP contribution in [0.15, 0.2) is 140 Å². The highest BCUT2D eigenvalue weighted by atomic mass is 32.2. The van der Waals surface area contributed by atoms with Crippen LogP contribution in [-0.4, -0.2) is 13.9 Å². The Morgan fingerprint density at radius 1 is 0.477 bits per heavy atom. The van der Waals surface area contributed by atoms with Gasteiger partial charge in [-0.2, -0.15) is 21.6 Å². The fraction of sp³-hybridized carbons (Fsp3) is 0.0270. The lowest BCUT2D eigenvalue weighted by molar-refractivity contribution is -0.0499. The summed E-state index contributed by atoms with van der Waals surface area (Å²) < 4.78 is 70.4. The molecule has 0 aliphatic heterocycles. The van der Waals surface area contributed by atoms with Crippen LogP contribution in [0.4, 0.5) is 13.2 Å². The summed E-state index contributed by atoms with van der Waals surface area (Å²) in [6.07, 6.45) is 0. The van der Waals surface area contributed by atoms with E-state index in [4.69, 9.17) is 4.18 Å². The molecule has 0 radical (unpaired) electrons. The van der Waals surface area contributed by atoms with E-state index in [1.54, 1.807) is 12.1 Å². The van der Waals surface area contributed by atoms with E-state index in [0.29, 0.717) is 11.1 Å². The van der Waals surface area contributed by atoms with Gasteiger partial charge >= 0.3 is 15.6 Å². The molecule has 0 spiro atoms. The third-order valence-corrected chi connectivity index (χ3v) is 8.79. The standard InChI is InChI=1S/C37H23F3O3S/c38-37(39,40)44(41,42)43-34-22-21-26(28-20-10-14-24-11-4-5-15-27(24)28)23-33(34)36-31-18-8-6-16-29(31)35(25-12-2-1-3-13-25)30-17-7-9-19-32(30)36/h1-23H. The lowest BCUT2D eigenvalue weighted by Gasteiger charge is -2.20. The second-order valence-corrected chi connectivity index (χ2v) is 12.0. The van der Waals surface area contributed by atoms with Gasteiger partial charge in [-0.1, -0.05) is 127 Å². The van der Waals surface area contributed by atoms with E-state index in [9.17, 15) is 21.6 Å². The summed E-state index contributed by atoms with van der Waals surface area (Å²) in [5, 5.41) is 5.17. The minimum absolute atomic E-state index is 0.232. The van der Waals surface area contributed by atoms with Crippen molar-refractivity contribution in [2.24, 2.45) is 0 Å². The van der Waals surface area contributed by atoms with Crippen molar-refractivity contribution in [1.82, 2.24) is 0 Å². The summed E-state index contributed by atoms with van der Waals surface area (Å²) in [5.74, 6) is -0.408. The smallest absolute Gasteiger partial charge is 0.375 e. The van der Waals surface area contributed by atoms with Crippen LogP contribution in [0.25, 0.3) is 65.7 Å². The molecule has 0 N–H and O–H groups in total. The van der Waals surface area contributed by atoms with E-state index in [0.717, 1.165) is 49.0 Å². The van der Waals surface area contributed by atoms with E-state index in [-0.39, 0.29) is 5.56 Å². The van der Waals surface area contributed by atoms with Gasteiger partial charge in [-0.25, -0.2) is 0 Å². The Hall–Kier alpha value is -5.14. The van der Waals surface area contributed by atoms with Crippen molar-refractivity contribution in [2.75, 3.05) is 0 Å². The minimum atomic E-state index is -5.95. The summed E-state index contributed by atoms with van der Waals surface area (Å²) in [5.41, 5.74) is -1.29. The maximum atomic E-state index is 13.6. The number of fused-ring (bicyclic) bond motifs is 3. The van der Waals surface area contributed by atoms with Crippen LogP contribution in [0.5, 0.6) is 5.75 Å². The van der Waals surface area contributed by atoms with Gasteiger partial charge < -0.3 is 4.18 Å². The zero-order valence-electron chi connectivity index (χ0n) is 23.0. The van der Waals surface area contributed by atoms with Gasteiger partial charge in [-0.15, -0.1) is 0 Å². The predicted molar refractivity (Wildman–Crippen MR) is 171 cm³/mol. The third-order valence-electron chi connectivity index (χ3n) is 7.83. The predicted octanol–water partition coefficient (Wildman–Crippen LogP) is 10.4. The first-order chi connectivity index (χ1) is 21.2. The normalized spacial score (nSPS) is 12.2. The third kappa shape index (κ3) is 4.66. The van der Waals surface area contributed by atoms with E-state index in [1.807, 2.05) is 121 Å². The Kier molecular flexibility index (Phi) is 6.63. The Morgan fingerprint density at radius 2 is 1.00 bits per heavy atom. The van der Waals surface area contributed by atoms with Crippen molar-refractivity contribution in [3.05, 3.63) is 140 Å². The molecule has 0 aliphatic rings. The van der Waals surface area contributed by atoms with Gasteiger partial charge in [0.25, 0.3) is 0 Å². The highest BCUT2D eigenvalue weighted by Crippen LogP contribution is 2.47. The van der Waals surface area contributed by atoms with Crippen molar-refractivity contribution >= 4 is 42.4 Å². The monoisotopic (exact) mass is 604 g/mol. The number of alkyl halides is 3. The summed E-state index contributed by atoms with van der Waals surface area (Å²) >= 11 is 0. The van der Waals surface area contributed by atoms with Crippen molar-refractivity contribution in [3.63, 3.8) is 0 Å². The molecule has 7 rings (SSSR count). The van der Waals surface area contributed by atoms with E-state index in [2.05, 4.69) is 0 Å². The molecule has 0 fully saturated rings. The van der Waals surface area contributed by atoms with Crippen LogP contribution in [0, 0.1) is 0 Å². The van der Waals surface area contributed by atoms with Gasteiger partial charge in [0.15, 0.2) is 5.75 Å². The summed E-state index contributed by atoms with van der Waals surface area (Å²) in [4.78, 5) is 0. The van der Waals surface area contributed by atoms with Crippen LogP contribution in [0.1, 0.15) is 0 Å². The second-order valence-electron chi connectivity index (χ2n) is 10.4. The van der Waals surface area contributed by atoms with Crippen LogP contribution < -0.4 is 4.18 Å². The van der Waals surface area contributed by atoms with E-state index < -0.39 is 21.4 Å². The lowest BCUT2D eigenvalue weighted by Crippen LogP contribution is -2.28. The number of benzene rings is 7. The highest BCUT2D eigenvalue weighted by Gasteiger charge is 2.49. The van der Waals surface area contributed by atoms with Crippen LogP contribution >= 0.6 is 0 Å². The molecule has 7 aromatic rings. The molecular weight excluding hydrogens is 581 g/mol. The van der Waals surface area contributed by atoms with Crippen molar-refractivity contribution in [1.29, 1.82) is 0 Å². The van der Waals surface area contributed by atoms with Gasteiger partial charge in [0.1, 0.15) is 0 Å². The zero-order chi connectivity index (χ0) is 30.5. The fourth-order valence-electron chi connectivity index (χ4n) is 5.94. The van der Waals surface area contributed by atoms with Crippen molar-refractivity contribution in [2.45, 2.75) is 5.51 Å². The minimum Gasteiger partial charge on any atom is -0.375 e. The first-order valence-corrected chi connectivity index (χ1v) is 15.3. The SMILES string of the molecule is O=S(=O)(Oc1ccc(-c2cccc3ccccc23)cc1-c1c2ccccc2c(-c2ccccc2)c2ccccc12)C(F)(F)F. The highest BCUT2D eigenvalue weighted by molar-refractivity contribution is 7.88. The number of hydrogen-bond donors (Lipinski definition) is 0. The van der Waals surface area contributed by atoms with E-state index in [1.165, 1.54) is 6.07 Å². The number of hydrogen-bond acceptors (Lipinski definition) is 3. The lowest BCUT2D eigenvalue weighted by atomic mass is 9.85. The molecule has 3 nitrogen and oxygen atoms in total. The summed E-state index contributed by atoms with van der Waals surface area (Å²) in [7, 11) is -5.95. The molecule has 44 heavy (non-hydrogen) atoms. The molecule has 0 amide bonds. The summed E-state index contributed by atoms with van der Waals surface area (Å²) in [6, 6.07) is 43.4. The number of halogens is 3. The maximum Gasteiger partial charge on any atom is 0.534 e. The Balaban J connectivity index is 1.60. The van der Waals surface area contributed by atoms with Gasteiger partial charge in [0.05, 0.1) is 0 Å². The first-order valence-electron chi connectivity index (χ1n) is 13.8.